The summed E-state index contributed by atoms with van der Waals surface area (Å²) in [5.74, 6) is -0.928. The van der Waals surface area contributed by atoms with E-state index < -0.39 is 11.4 Å². The molecule has 0 bridgehead atoms. The van der Waals surface area contributed by atoms with Crippen LogP contribution in [-0.4, -0.2) is 35.1 Å². The Balaban J connectivity index is 1.31. The molecule has 0 atom stereocenters. The van der Waals surface area contributed by atoms with E-state index in [9.17, 15) is 14.7 Å². The first-order chi connectivity index (χ1) is 23.4. The molecule has 1 aliphatic heterocycles. The van der Waals surface area contributed by atoms with Gasteiger partial charge in [-0.25, -0.2) is 0 Å². The number of Topliss-reactive ketones (excluding diaryl/α,β-unsaturated/α-hetero) is 1. The van der Waals surface area contributed by atoms with Gasteiger partial charge in [0.15, 0.2) is 0 Å². The number of aliphatic hydroxyl groups is 1. The Hall–Kier alpha value is -4.94. The van der Waals surface area contributed by atoms with Crippen molar-refractivity contribution >= 4 is 44.7 Å². The number of quaternary nitrogens is 1. The number of hydrogen-bond donors (Lipinski definition) is 3. The number of aliphatic carboxylic acids is 1. The van der Waals surface area contributed by atoms with Crippen molar-refractivity contribution in [3.63, 3.8) is 0 Å². The molecule has 6 nitrogen and oxygen atoms in total. The first-order valence-electron chi connectivity index (χ1n) is 17.4. The second-order valence-electron chi connectivity index (χ2n) is 14.3. The van der Waals surface area contributed by atoms with Gasteiger partial charge in [-0.15, -0.1) is 0 Å². The molecule has 49 heavy (non-hydrogen) atoms. The van der Waals surface area contributed by atoms with E-state index in [4.69, 9.17) is 5.11 Å². The monoisotopic (exact) mass is 655 g/mol. The third-order valence-electron chi connectivity index (χ3n) is 10.5. The Kier molecular flexibility index (Phi) is 9.12. The number of carbonyl (C=O) groups is 2. The second-order valence-corrected chi connectivity index (χ2v) is 14.3. The van der Waals surface area contributed by atoms with Crippen molar-refractivity contribution in [2.45, 2.75) is 71.1 Å². The maximum atomic E-state index is 13.8. The van der Waals surface area contributed by atoms with Crippen LogP contribution in [0.25, 0.3) is 21.5 Å². The number of fused-ring (bicyclic) bond motifs is 4. The molecule has 0 amide bonds. The number of likely N-dealkylation sites (N-methyl/N-ethyl adjacent to an activating group) is 1. The fraction of sp³-hybridized carbons (Fsp3) is 0.302. The molecule has 0 radical (unpaired) electrons. The van der Waals surface area contributed by atoms with Crippen LogP contribution in [0.4, 0.5) is 11.4 Å². The lowest BCUT2D eigenvalue weighted by atomic mass is 9.73. The molecule has 6 heteroatoms. The summed E-state index contributed by atoms with van der Waals surface area (Å²) in [6.07, 6.45) is 6.28. The maximum Gasteiger partial charge on any atom is 0.303 e. The van der Waals surface area contributed by atoms with Gasteiger partial charge in [-0.05, 0) is 89.2 Å². The normalized spacial score (nSPS) is 17.3. The first kappa shape index (κ1) is 33.9. The van der Waals surface area contributed by atoms with Gasteiger partial charge in [0.05, 0.1) is 17.7 Å². The van der Waals surface area contributed by atoms with Crippen LogP contribution in [0.1, 0.15) is 71.4 Å². The van der Waals surface area contributed by atoms with Crippen LogP contribution < -0.4 is 10.2 Å². The third-order valence-corrected chi connectivity index (χ3v) is 10.5. The molecule has 0 spiro atoms. The van der Waals surface area contributed by atoms with Crippen LogP contribution in [-0.2, 0) is 20.4 Å². The summed E-state index contributed by atoms with van der Waals surface area (Å²) in [6.45, 7) is 16.8. The van der Waals surface area contributed by atoms with Gasteiger partial charge >= 0.3 is 5.97 Å². The average molecular weight is 656 g/mol. The predicted octanol–water partition coefficient (Wildman–Crippen LogP) is 8.69. The zero-order valence-corrected chi connectivity index (χ0v) is 29.3. The fourth-order valence-corrected chi connectivity index (χ4v) is 7.71. The quantitative estimate of drug-likeness (QED) is 0.0807. The van der Waals surface area contributed by atoms with Gasteiger partial charge in [-0.2, -0.15) is 0 Å². The molecule has 1 heterocycles. The molecule has 252 valence electrons. The number of hydrogen-bond acceptors (Lipinski definition) is 4. The van der Waals surface area contributed by atoms with Crippen molar-refractivity contribution in [3.05, 3.63) is 131 Å². The van der Waals surface area contributed by atoms with Crippen LogP contribution in [0.15, 0.2) is 120 Å². The van der Waals surface area contributed by atoms with Gasteiger partial charge in [-0.3, -0.25) is 9.59 Å². The summed E-state index contributed by atoms with van der Waals surface area (Å²) in [5.41, 5.74) is 6.00. The van der Waals surface area contributed by atoms with Gasteiger partial charge in [-0.1, -0.05) is 88.9 Å². The number of nitrogens with zero attached hydrogens (tertiary/aromatic N) is 1. The minimum absolute atomic E-state index is 0.00758. The smallest absolute Gasteiger partial charge is 0.303 e. The Bertz CT molecular complexity index is 2100. The summed E-state index contributed by atoms with van der Waals surface area (Å²) in [5, 5.41) is 27.2. The van der Waals surface area contributed by atoms with Gasteiger partial charge in [0.1, 0.15) is 11.4 Å². The number of carbonyl (C=O) groups excluding carboxylic acids is 1. The molecule has 0 fully saturated rings. The highest BCUT2D eigenvalue weighted by molar-refractivity contribution is 6.21. The molecule has 2 aliphatic rings. The van der Waals surface area contributed by atoms with Crippen molar-refractivity contribution in [1.82, 2.24) is 0 Å². The number of ketones is 1. The molecule has 0 unspecified atom stereocenters. The Morgan fingerprint density at radius 1 is 0.939 bits per heavy atom. The number of aliphatic hydroxyl groups excluding tert-OH is 1. The van der Waals surface area contributed by atoms with Crippen molar-refractivity contribution < 1.29 is 25.1 Å². The van der Waals surface area contributed by atoms with Crippen LogP contribution >= 0.6 is 0 Å². The van der Waals surface area contributed by atoms with Crippen molar-refractivity contribution in [2.24, 2.45) is 0 Å². The van der Waals surface area contributed by atoms with E-state index in [1.165, 1.54) is 16.3 Å². The van der Waals surface area contributed by atoms with E-state index in [1.54, 1.807) is 6.08 Å². The van der Waals surface area contributed by atoms with Crippen molar-refractivity contribution in [1.29, 1.82) is 0 Å². The topological polar surface area (TPSA) is 94.5 Å². The zero-order chi connectivity index (χ0) is 35.1. The number of rotatable bonds is 12. The average Bonchev–Trinajstić information content (AvgIpc) is 3.31. The van der Waals surface area contributed by atoms with E-state index in [0.29, 0.717) is 12.0 Å². The number of carboxylic acid groups (broad SMARTS) is 1. The maximum absolute atomic E-state index is 13.8. The number of anilines is 1. The summed E-state index contributed by atoms with van der Waals surface area (Å²) in [7, 11) is 0. The molecule has 6 rings (SSSR count). The fourth-order valence-electron chi connectivity index (χ4n) is 7.71. The lowest BCUT2D eigenvalue weighted by molar-refractivity contribution is -0.572. The summed E-state index contributed by atoms with van der Waals surface area (Å²) >= 11 is 0. The van der Waals surface area contributed by atoms with E-state index in [2.05, 4.69) is 112 Å². The van der Waals surface area contributed by atoms with Gasteiger partial charge in [0.25, 0.3) is 0 Å². The highest BCUT2D eigenvalue weighted by Crippen LogP contribution is 2.51. The number of nitrogens with two attached hydrogens (primary N) is 1. The standard InChI is InChI=1S/C43H46N2O4/c1-7-45-35-23-21-29-16-11-13-18-31(29)39(35)43(5,6)36(45)26-33-40(48)32(41(33)49)25-27(2)42(3,4)38-30-17-12-10-15-28(30)20-22-34(38)44-24-14-8-9-19-37(46)47/h10-13,15-18,20-23,25-26,44,48H,2,7-9,14,19,24H2,1,3-6H3,(H,46,47)/p+1. The van der Waals surface area contributed by atoms with E-state index >= 15 is 0 Å². The first-order valence-corrected chi connectivity index (χ1v) is 17.4. The Labute approximate surface area is 289 Å². The number of carboxylic acids is 1. The molecular weight excluding hydrogens is 608 g/mol. The van der Waals surface area contributed by atoms with E-state index in [-0.39, 0.29) is 29.0 Å². The highest BCUT2D eigenvalue weighted by atomic mass is 16.4. The van der Waals surface area contributed by atoms with Crippen LogP contribution in [0.3, 0.4) is 0 Å². The van der Waals surface area contributed by atoms with Crippen molar-refractivity contribution in [3.8, 4) is 0 Å². The van der Waals surface area contributed by atoms with Crippen molar-refractivity contribution in [2.75, 3.05) is 18.0 Å². The number of allylic oxidation sites excluding steroid dienone is 6. The molecule has 0 aromatic heterocycles. The lowest BCUT2D eigenvalue weighted by Crippen LogP contribution is -2.78. The summed E-state index contributed by atoms with van der Waals surface area (Å²) in [4.78, 5) is 26.9. The van der Waals surface area contributed by atoms with Crippen LogP contribution in [0.5, 0.6) is 0 Å². The molecule has 4 N–H and O–H groups in total. The summed E-state index contributed by atoms with van der Waals surface area (Å²) in [6, 6.07) is 25.3. The number of unbranched alkanes of at least 4 members (excludes halogenated alkanes) is 2. The third kappa shape index (κ3) is 5.99. The van der Waals surface area contributed by atoms with E-state index in [1.807, 2.05) is 18.2 Å². The second kappa shape index (κ2) is 13.2. The Morgan fingerprint density at radius 2 is 1.59 bits per heavy atom. The molecule has 1 aliphatic carbocycles. The van der Waals surface area contributed by atoms with E-state index in [0.717, 1.165) is 64.9 Å². The molecule has 4 aromatic carbocycles. The SMILES string of the molecule is C=C(C=C1C(=O)C(C=C2N(CC)c3ccc4ccccc4c3C2(C)C)=C1O)C(C)(C)c1c([NH2+]CCCCCC(=O)O)ccc2ccccc12. The zero-order valence-electron chi connectivity index (χ0n) is 29.3. The molecule has 0 saturated carbocycles. The largest absolute Gasteiger partial charge is 0.506 e. The minimum Gasteiger partial charge on any atom is -0.506 e. The molecule has 4 aromatic rings. The van der Waals surface area contributed by atoms with Gasteiger partial charge in [0.2, 0.25) is 5.78 Å². The Morgan fingerprint density at radius 3 is 2.27 bits per heavy atom. The van der Waals surface area contributed by atoms with Crippen LogP contribution in [0, 0.1) is 0 Å². The number of benzene rings is 4. The lowest BCUT2D eigenvalue weighted by Gasteiger charge is -2.31. The van der Waals surface area contributed by atoms with Crippen LogP contribution in [0.2, 0.25) is 0 Å². The van der Waals surface area contributed by atoms with Gasteiger partial charge < -0.3 is 20.4 Å². The highest BCUT2D eigenvalue weighted by Gasteiger charge is 2.43. The van der Waals surface area contributed by atoms with Gasteiger partial charge in [0, 0.05) is 40.7 Å². The molecule has 0 saturated heterocycles. The predicted molar refractivity (Wildman–Crippen MR) is 199 cm³/mol. The minimum atomic E-state index is -0.755. The molecular formula is C43H47N2O4+. The summed E-state index contributed by atoms with van der Waals surface area (Å²) < 4.78 is 0.